The van der Waals surface area contributed by atoms with Crippen LogP contribution < -0.4 is 4.72 Å². The number of benzene rings is 1. The zero-order chi connectivity index (χ0) is 12.4. The fourth-order valence-corrected chi connectivity index (χ4v) is 2.46. The SMILES string of the molecule is CC(NS(=O)C(C)C)c1cccc2[nH]cnc12. The average molecular weight is 251 g/mol. The molecule has 92 valence electrons. The lowest BCUT2D eigenvalue weighted by molar-refractivity contribution is 0.645. The molecular formula is C12H17N3OS. The maximum Gasteiger partial charge on any atom is 0.0947 e. The van der Waals surface area contributed by atoms with E-state index >= 15 is 0 Å². The first-order valence-corrected chi connectivity index (χ1v) is 6.89. The first-order valence-electron chi connectivity index (χ1n) is 5.68. The van der Waals surface area contributed by atoms with Crippen molar-refractivity contribution in [2.75, 3.05) is 0 Å². The van der Waals surface area contributed by atoms with Crippen molar-refractivity contribution in [1.29, 1.82) is 0 Å². The number of aromatic nitrogens is 2. The monoisotopic (exact) mass is 251 g/mol. The standard InChI is InChI=1S/C12H17N3OS/c1-8(2)17(16)15-9(3)10-5-4-6-11-12(10)14-7-13-11/h4-9,15H,1-3H3,(H,13,14). The van der Waals surface area contributed by atoms with E-state index in [-0.39, 0.29) is 11.3 Å². The highest BCUT2D eigenvalue weighted by Gasteiger charge is 2.14. The molecule has 5 heteroatoms. The summed E-state index contributed by atoms with van der Waals surface area (Å²) in [4.78, 5) is 7.37. The molecule has 0 aliphatic rings. The van der Waals surface area contributed by atoms with Crippen LogP contribution in [0.3, 0.4) is 0 Å². The summed E-state index contributed by atoms with van der Waals surface area (Å²) in [6.45, 7) is 5.87. The summed E-state index contributed by atoms with van der Waals surface area (Å²) < 4.78 is 14.9. The molecule has 0 amide bonds. The van der Waals surface area contributed by atoms with Crippen LogP contribution in [0.15, 0.2) is 24.5 Å². The Bertz CT molecular complexity index is 535. The van der Waals surface area contributed by atoms with Crippen LogP contribution in [0, 0.1) is 0 Å². The zero-order valence-electron chi connectivity index (χ0n) is 10.2. The Kier molecular flexibility index (Phi) is 3.59. The van der Waals surface area contributed by atoms with Gasteiger partial charge in [-0.3, -0.25) is 0 Å². The molecule has 0 saturated carbocycles. The van der Waals surface area contributed by atoms with Gasteiger partial charge in [0.05, 0.1) is 28.3 Å². The van der Waals surface area contributed by atoms with Gasteiger partial charge in [0.15, 0.2) is 0 Å². The van der Waals surface area contributed by atoms with Gasteiger partial charge in [0.1, 0.15) is 0 Å². The molecule has 0 spiro atoms. The number of hydrogen-bond acceptors (Lipinski definition) is 2. The van der Waals surface area contributed by atoms with Crippen LogP contribution >= 0.6 is 0 Å². The van der Waals surface area contributed by atoms with Crippen molar-refractivity contribution >= 4 is 22.0 Å². The van der Waals surface area contributed by atoms with Crippen LogP contribution in [0.5, 0.6) is 0 Å². The van der Waals surface area contributed by atoms with Crippen molar-refractivity contribution < 1.29 is 4.21 Å². The molecule has 0 radical (unpaired) electrons. The van der Waals surface area contributed by atoms with E-state index in [2.05, 4.69) is 14.7 Å². The third kappa shape index (κ3) is 2.56. The molecule has 0 aliphatic heterocycles. The molecule has 2 aromatic rings. The van der Waals surface area contributed by atoms with E-state index in [0.29, 0.717) is 0 Å². The molecule has 0 aliphatic carbocycles. The van der Waals surface area contributed by atoms with Gasteiger partial charge in [0.25, 0.3) is 0 Å². The highest BCUT2D eigenvalue weighted by Crippen LogP contribution is 2.21. The minimum Gasteiger partial charge on any atom is -0.345 e. The van der Waals surface area contributed by atoms with E-state index in [4.69, 9.17) is 0 Å². The van der Waals surface area contributed by atoms with Crippen LogP contribution in [0.1, 0.15) is 32.4 Å². The first kappa shape index (κ1) is 12.3. The largest absolute Gasteiger partial charge is 0.345 e. The number of nitrogens with one attached hydrogen (secondary N) is 2. The van der Waals surface area contributed by atoms with E-state index in [1.807, 2.05) is 39.0 Å². The van der Waals surface area contributed by atoms with E-state index in [0.717, 1.165) is 16.6 Å². The quantitative estimate of drug-likeness (QED) is 0.876. The van der Waals surface area contributed by atoms with Crippen LogP contribution in [0.2, 0.25) is 0 Å². The smallest absolute Gasteiger partial charge is 0.0947 e. The highest BCUT2D eigenvalue weighted by molar-refractivity contribution is 7.83. The first-order chi connectivity index (χ1) is 8.09. The molecule has 2 N–H and O–H groups in total. The Balaban J connectivity index is 2.27. The molecule has 0 fully saturated rings. The van der Waals surface area contributed by atoms with Crippen molar-refractivity contribution in [1.82, 2.24) is 14.7 Å². The molecule has 2 unspecified atom stereocenters. The summed E-state index contributed by atoms with van der Waals surface area (Å²) >= 11 is 0. The van der Waals surface area contributed by atoms with Crippen LogP contribution in [-0.4, -0.2) is 19.4 Å². The second-order valence-corrected chi connectivity index (χ2v) is 6.10. The summed E-state index contributed by atoms with van der Waals surface area (Å²) in [7, 11) is -1.02. The lowest BCUT2D eigenvalue weighted by atomic mass is 10.1. The molecule has 1 aromatic carbocycles. The Morgan fingerprint density at radius 1 is 1.35 bits per heavy atom. The Hall–Kier alpha value is -1.20. The van der Waals surface area contributed by atoms with Gasteiger partial charge in [-0.1, -0.05) is 12.1 Å². The summed E-state index contributed by atoms with van der Waals surface area (Å²) in [5.41, 5.74) is 3.01. The molecule has 0 saturated heterocycles. The molecule has 1 aromatic heterocycles. The third-order valence-corrected chi connectivity index (χ3v) is 4.11. The van der Waals surface area contributed by atoms with Crippen LogP contribution in [0.4, 0.5) is 0 Å². The number of aromatic amines is 1. The normalized spacial score (nSPS) is 15.3. The molecule has 1 heterocycles. The van der Waals surface area contributed by atoms with Crippen molar-refractivity contribution in [3.63, 3.8) is 0 Å². The molecule has 4 nitrogen and oxygen atoms in total. The highest BCUT2D eigenvalue weighted by atomic mass is 32.2. The summed E-state index contributed by atoms with van der Waals surface area (Å²) in [5, 5.41) is 0.107. The minimum atomic E-state index is -1.02. The van der Waals surface area contributed by atoms with Crippen molar-refractivity contribution in [3.05, 3.63) is 30.1 Å². The molecular weight excluding hydrogens is 234 g/mol. The van der Waals surface area contributed by atoms with Gasteiger partial charge in [-0.15, -0.1) is 0 Å². The van der Waals surface area contributed by atoms with Crippen LogP contribution in [-0.2, 0) is 11.0 Å². The Labute approximate surface area is 103 Å². The second-order valence-electron chi connectivity index (χ2n) is 4.33. The lowest BCUT2D eigenvalue weighted by Crippen LogP contribution is -2.27. The third-order valence-electron chi connectivity index (χ3n) is 2.67. The predicted octanol–water partition coefficient (Wildman–Crippen LogP) is 2.29. The molecule has 0 bridgehead atoms. The van der Waals surface area contributed by atoms with Gasteiger partial charge in [-0.05, 0) is 32.4 Å². The maximum atomic E-state index is 11.8. The topological polar surface area (TPSA) is 57.8 Å². The van der Waals surface area contributed by atoms with E-state index in [1.54, 1.807) is 6.33 Å². The van der Waals surface area contributed by atoms with Gasteiger partial charge in [-0.25, -0.2) is 13.9 Å². The van der Waals surface area contributed by atoms with Crippen molar-refractivity contribution in [2.24, 2.45) is 0 Å². The predicted molar refractivity (Wildman–Crippen MR) is 70.9 cm³/mol. The van der Waals surface area contributed by atoms with Crippen molar-refractivity contribution in [2.45, 2.75) is 32.1 Å². The summed E-state index contributed by atoms with van der Waals surface area (Å²) in [5.74, 6) is 0. The number of para-hydroxylation sites is 1. The minimum absolute atomic E-state index is 0.0187. The van der Waals surface area contributed by atoms with Crippen LogP contribution in [0.25, 0.3) is 11.0 Å². The van der Waals surface area contributed by atoms with Gasteiger partial charge in [0.2, 0.25) is 0 Å². The number of H-pyrrole nitrogens is 1. The van der Waals surface area contributed by atoms with E-state index in [1.165, 1.54) is 0 Å². The van der Waals surface area contributed by atoms with Gasteiger partial charge < -0.3 is 4.98 Å². The fourth-order valence-electron chi connectivity index (χ4n) is 1.71. The van der Waals surface area contributed by atoms with Crippen molar-refractivity contribution in [3.8, 4) is 0 Å². The van der Waals surface area contributed by atoms with Gasteiger partial charge >= 0.3 is 0 Å². The second kappa shape index (κ2) is 4.98. The van der Waals surface area contributed by atoms with Gasteiger partial charge in [-0.2, -0.15) is 0 Å². The number of hydrogen-bond donors (Lipinski definition) is 2. The fraction of sp³-hybridized carbons (Fsp3) is 0.417. The zero-order valence-corrected chi connectivity index (χ0v) is 11.0. The van der Waals surface area contributed by atoms with E-state index in [9.17, 15) is 4.21 Å². The number of fused-ring (bicyclic) bond motifs is 1. The number of nitrogens with zero attached hydrogens (tertiary/aromatic N) is 1. The Morgan fingerprint density at radius 3 is 2.82 bits per heavy atom. The lowest BCUT2D eigenvalue weighted by Gasteiger charge is -2.15. The average Bonchev–Trinajstić information content (AvgIpc) is 2.76. The van der Waals surface area contributed by atoms with E-state index < -0.39 is 11.0 Å². The molecule has 2 atom stereocenters. The Morgan fingerprint density at radius 2 is 2.12 bits per heavy atom. The summed E-state index contributed by atoms with van der Waals surface area (Å²) in [6, 6.07) is 5.99. The number of rotatable bonds is 4. The molecule has 2 rings (SSSR count). The number of imidazole rings is 1. The maximum absolute atomic E-state index is 11.8. The summed E-state index contributed by atoms with van der Waals surface area (Å²) in [6.07, 6.45) is 1.68. The molecule has 17 heavy (non-hydrogen) atoms. The van der Waals surface area contributed by atoms with Gasteiger partial charge in [0, 0.05) is 11.3 Å².